The first-order chi connectivity index (χ1) is 31.9. The molecule has 0 saturated heterocycles. The summed E-state index contributed by atoms with van der Waals surface area (Å²) in [5.41, 5.74) is 16.5. The fourth-order valence-corrected chi connectivity index (χ4v) is 10.2. The molecule has 0 N–H and O–H groups in total. The zero-order valence-electron chi connectivity index (χ0n) is 37.0. The second kappa shape index (κ2) is 15.3. The summed E-state index contributed by atoms with van der Waals surface area (Å²) >= 11 is 0. The molecule has 7 nitrogen and oxygen atoms in total. The van der Waals surface area contributed by atoms with Crippen LogP contribution in [-0.2, 0) is 0 Å². The van der Waals surface area contributed by atoms with E-state index in [4.69, 9.17) is 4.74 Å². The molecule has 2 aliphatic heterocycles. The van der Waals surface area contributed by atoms with Gasteiger partial charge in [0.05, 0.1) is 46.8 Å². The number of rotatable bonds is 8. The summed E-state index contributed by atoms with van der Waals surface area (Å²) in [5, 5.41) is 5.06. The predicted octanol–water partition coefficient (Wildman–Crippen LogP) is 13.9. The molecular weight excluding hydrogens is 797 g/mol. The highest BCUT2D eigenvalue weighted by Gasteiger charge is 2.29. The van der Waals surface area contributed by atoms with Crippen molar-refractivity contribution < 1.29 is 4.74 Å². The van der Waals surface area contributed by atoms with E-state index < -0.39 is 0 Å². The summed E-state index contributed by atoms with van der Waals surface area (Å²) in [6.45, 7) is 5.90. The summed E-state index contributed by atoms with van der Waals surface area (Å²) in [5.74, 6) is 1.58. The molecule has 316 valence electrons. The number of nitrogens with zero attached hydrogens (tertiary/aromatic N) is 6. The highest BCUT2D eigenvalue weighted by molar-refractivity contribution is 6.10. The van der Waals surface area contributed by atoms with Gasteiger partial charge in [0.25, 0.3) is 0 Å². The van der Waals surface area contributed by atoms with Gasteiger partial charge < -0.3 is 33.5 Å². The van der Waals surface area contributed by atoms with Crippen LogP contribution in [0, 0.1) is 0 Å². The zero-order chi connectivity index (χ0) is 43.8. The van der Waals surface area contributed by atoms with E-state index in [-0.39, 0.29) is 0 Å². The Kier molecular flexibility index (Phi) is 9.05. The van der Waals surface area contributed by atoms with Gasteiger partial charge in [-0.25, -0.2) is 0 Å². The Labute approximate surface area is 379 Å². The number of fused-ring (bicyclic) bond motifs is 6. The van der Waals surface area contributed by atoms with Gasteiger partial charge in [-0.1, -0.05) is 109 Å². The van der Waals surface area contributed by atoms with E-state index in [1.807, 2.05) is 12.1 Å². The molecular formula is C58H48N6O. The molecule has 0 radical (unpaired) electrons. The van der Waals surface area contributed by atoms with Crippen molar-refractivity contribution >= 4 is 66.4 Å². The highest BCUT2D eigenvalue weighted by Crippen LogP contribution is 2.41. The molecule has 2 aromatic heterocycles. The lowest BCUT2D eigenvalue weighted by atomic mass is 10.1. The van der Waals surface area contributed by atoms with Gasteiger partial charge in [-0.15, -0.1) is 0 Å². The number of allylic oxidation sites excluding steroid dienone is 2. The Morgan fingerprint density at radius 3 is 1.05 bits per heavy atom. The molecule has 0 aliphatic carbocycles. The first-order valence-corrected chi connectivity index (χ1v) is 22.3. The monoisotopic (exact) mass is 844 g/mol. The van der Waals surface area contributed by atoms with E-state index in [0.29, 0.717) is 0 Å². The van der Waals surface area contributed by atoms with E-state index >= 15 is 0 Å². The van der Waals surface area contributed by atoms with Gasteiger partial charge in [-0.3, -0.25) is 0 Å². The normalized spacial score (nSPS) is 14.4. The summed E-state index contributed by atoms with van der Waals surface area (Å²) in [4.78, 5) is 9.40. The molecule has 65 heavy (non-hydrogen) atoms. The molecule has 0 saturated carbocycles. The number of anilines is 2. The minimum Gasteiger partial charge on any atom is -0.457 e. The highest BCUT2D eigenvalue weighted by atomic mass is 16.5. The standard InChI is InChI=1S/C58H48N6O/c1-39-57(41-27-31-43(32-28-41)63-53-23-9-5-19-49(53)50-20-6-10-24-54(50)63)61(37-59(39)3)45-15-13-17-47(35-45)65-48-18-14-16-46(36-48)62-38-60(4)40(2)58(62)42-29-33-44(34-30-42)64-55-25-11-7-21-51(55)52-22-8-12-26-56(52)64/h5-36H,37-38H2,1-4H3. The van der Waals surface area contributed by atoms with Gasteiger partial charge in [0.15, 0.2) is 0 Å². The molecule has 8 aromatic carbocycles. The van der Waals surface area contributed by atoms with Crippen molar-refractivity contribution in [2.45, 2.75) is 13.8 Å². The number of para-hydroxylation sites is 4. The summed E-state index contributed by atoms with van der Waals surface area (Å²) in [6, 6.07) is 69.6. The molecule has 10 aromatic rings. The summed E-state index contributed by atoms with van der Waals surface area (Å²) in [6.07, 6.45) is 0. The largest absolute Gasteiger partial charge is 0.457 e. The molecule has 0 unspecified atom stereocenters. The third-order valence-corrected chi connectivity index (χ3v) is 13.5. The smallest absolute Gasteiger partial charge is 0.129 e. The van der Waals surface area contributed by atoms with Crippen LogP contribution in [-0.4, -0.2) is 46.4 Å². The zero-order valence-corrected chi connectivity index (χ0v) is 37.0. The molecule has 0 spiro atoms. The fourth-order valence-electron chi connectivity index (χ4n) is 10.2. The Balaban J connectivity index is 0.810. The van der Waals surface area contributed by atoms with E-state index in [2.05, 4.69) is 239 Å². The molecule has 4 heterocycles. The molecule has 2 aliphatic rings. The van der Waals surface area contributed by atoms with Crippen LogP contribution in [0.5, 0.6) is 11.5 Å². The van der Waals surface area contributed by atoms with E-state index in [1.165, 1.54) is 77.5 Å². The average molecular weight is 845 g/mol. The Morgan fingerprint density at radius 1 is 0.354 bits per heavy atom. The molecule has 0 atom stereocenters. The topological polar surface area (TPSA) is 32.1 Å². The summed E-state index contributed by atoms with van der Waals surface area (Å²) < 4.78 is 11.4. The fraction of sp³-hybridized carbons (Fsp3) is 0.103. The van der Waals surface area contributed by atoms with E-state index in [9.17, 15) is 0 Å². The van der Waals surface area contributed by atoms with Gasteiger partial charge in [0, 0.05) is 93.0 Å². The lowest BCUT2D eigenvalue weighted by molar-refractivity contribution is 0.458. The maximum atomic E-state index is 6.70. The Morgan fingerprint density at radius 2 is 0.692 bits per heavy atom. The minimum absolute atomic E-state index is 0.741. The molecule has 0 amide bonds. The van der Waals surface area contributed by atoms with Crippen LogP contribution in [0.2, 0.25) is 0 Å². The van der Waals surface area contributed by atoms with Crippen LogP contribution in [0.15, 0.2) is 206 Å². The van der Waals surface area contributed by atoms with Crippen LogP contribution < -0.4 is 14.5 Å². The molecule has 0 fully saturated rings. The molecule has 0 bridgehead atoms. The van der Waals surface area contributed by atoms with Crippen molar-refractivity contribution in [3.63, 3.8) is 0 Å². The average Bonchev–Trinajstić information content (AvgIpc) is 4.06. The third kappa shape index (κ3) is 6.34. The number of ether oxygens (including phenoxy) is 1. The van der Waals surface area contributed by atoms with Crippen molar-refractivity contribution in [1.82, 2.24) is 18.9 Å². The number of hydrogen-bond donors (Lipinski definition) is 0. The number of benzene rings is 8. The minimum atomic E-state index is 0.741. The van der Waals surface area contributed by atoms with Crippen molar-refractivity contribution in [3.05, 3.63) is 217 Å². The lowest BCUT2D eigenvalue weighted by Gasteiger charge is -2.24. The number of hydrogen-bond acceptors (Lipinski definition) is 5. The van der Waals surface area contributed by atoms with Gasteiger partial charge in [0.2, 0.25) is 0 Å². The van der Waals surface area contributed by atoms with Crippen molar-refractivity contribution in [3.8, 4) is 22.9 Å². The first-order valence-electron chi connectivity index (χ1n) is 22.3. The van der Waals surface area contributed by atoms with Crippen LogP contribution >= 0.6 is 0 Å². The third-order valence-electron chi connectivity index (χ3n) is 13.5. The lowest BCUT2D eigenvalue weighted by Crippen LogP contribution is -2.24. The number of aromatic nitrogens is 2. The second-order valence-corrected chi connectivity index (χ2v) is 17.3. The summed E-state index contributed by atoms with van der Waals surface area (Å²) in [7, 11) is 4.32. The van der Waals surface area contributed by atoms with Crippen molar-refractivity contribution in [1.29, 1.82) is 0 Å². The first kappa shape index (κ1) is 38.5. The molecule has 12 rings (SSSR count). The Bertz CT molecular complexity index is 3200. The van der Waals surface area contributed by atoms with E-state index in [0.717, 1.165) is 47.6 Å². The van der Waals surface area contributed by atoms with Gasteiger partial charge in [0.1, 0.15) is 11.5 Å². The van der Waals surface area contributed by atoms with Gasteiger partial charge >= 0.3 is 0 Å². The van der Waals surface area contributed by atoms with Crippen molar-refractivity contribution in [2.75, 3.05) is 37.2 Å². The van der Waals surface area contributed by atoms with Gasteiger partial charge in [-0.05, 0) is 86.6 Å². The quantitative estimate of drug-likeness (QED) is 0.152. The van der Waals surface area contributed by atoms with E-state index in [1.54, 1.807) is 0 Å². The van der Waals surface area contributed by atoms with Crippen molar-refractivity contribution in [2.24, 2.45) is 0 Å². The molecule has 7 heteroatoms. The van der Waals surface area contributed by atoms with Crippen LogP contribution in [0.4, 0.5) is 11.4 Å². The maximum Gasteiger partial charge on any atom is 0.129 e. The Hall–Kier alpha value is -8.16. The SMILES string of the molecule is CC1=C(c2ccc(-n3c4ccccc4c4ccccc43)cc2)N(c2cccc(Oc3cccc(N4CN(C)C(C)=C4c4ccc(-n5c6ccccc6c6ccccc65)cc4)c3)c2)CN1C. The maximum absolute atomic E-state index is 6.70. The second-order valence-electron chi connectivity index (χ2n) is 17.3. The van der Waals surface area contributed by atoms with Gasteiger partial charge in [-0.2, -0.15) is 0 Å². The predicted molar refractivity (Wildman–Crippen MR) is 270 cm³/mol. The van der Waals surface area contributed by atoms with Crippen LogP contribution in [0.25, 0.3) is 66.4 Å². The van der Waals surface area contributed by atoms with Crippen LogP contribution in [0.3, 0.4) is 0 Å². The van der Waals surface area contributed by atoms with Crippen LogP contribution in [0.1, 0.15) is 25.0 Å².